The fourth-order valence-electron chi connectivity index (χ4n) is 4.44. The van der Waals surface area contributed by atoms with Gasteiger partial charge in [0.2, 0.25) is 0 Å². The molecule has 1 aliphatic carbocycles. The number of hydrogen-bond donors (Lipinski definition) is 3. The lowest BCUT2D eigenvalue weighted by atomic mass is 9.82. The number of aromatic nitrogens is 4. The van der Waals surface area contributed by atoms with E-state index in [1.165, 1.54) is 0 Å². The average molecular weight is 413 g/mol. The van der Waals surface area contributed by atoms with E-state index in [1.807, 2.05) is 54.6 Å². The van der Waals surface area contributed by atoms with E-state index in [0.717, 1.165) is 48.0 Å². The number of amides is 1. The van der Waals surface area contributed by atoms with Crippen molar-refractivity contribution >= 4 is 16.7 Å². The van der Waals surface area contributed by atoms with Gasteiger partial charge in [-0.15, -0.1) is 0 Å². The number of benzene rings is 2. The molecule has 0 bridgehead atoms. The smallest absolute Gasteiger partial charge is 0.272 e. The van der Waals surface area contributed by atoms with E-state index >= 15 is 0 Å². The Hall–Kier alpha value is -3.74. The minimum absolute atomic E-state index is 0.0489. The molecular weight excluding hydrogens is 390 g/mol. The van der Waals surface area contributed by atoms with Crippen LogP contribution in [-0.4, -0.2) is 32.3 Å². The van der Waals surface area contributed by atoms with Gasteiger partial charge in [-0.25, -0.2) is 5.10 Å². The number of rotatable bonds is 4. The van der Waals surface area contributed by atoms with Crippen molar-refractivity contribution in [3.8, 4) is 11.3 Å². The minimum atomic E-state index is -0.154. The number of aromatic amines is 2. The standard InChI is InChI=1S/C24H23N5O2/c30-23(17-7-5-15(6-8-17)21-13-14-25-27-21)26-18-11-9-16(10-12-18)22-19-3-1-2-4-20(19)24(31)29-28-22/h1-8,13-14,16,18H,9-12H2,(H,25,27)(H,26,30)(H,29,31). The first-order valence-corrected chi connectivity index (χ1v) is 10.6. The van der Waals surface area contributed by atoms with Gasteiger partial charge in [-0.3, -0.25) is 14.7 Å². The van der Waals surface area contributed by atoms with E-state index in [4.69, 9.17) is 0 Å². The lowest BCUT2D eigenvalue weighted by molar-refractivity contribution is 0.0925. The highest BCUT2D eigenvalue weighted by Gasteiger charge is 2.26. The molecule has 5 rings (SSSR count). The van der Waals surface area contributed by atoms with Crippen molar-refractivity contribution in [1.29, 1.82) is 0 Å². The normalized spacial score (nSPS) is 18.7. The van der Waals surface area contributed by atoms with Gasteiger partial charge in [0, 0.05) is 29.1 Å². The zero-order chi connectivity index (χ0) is 21.2. The molecule has 1 saturated carbocycles. The van der Waals surface area contributed by atoms with Crippen molar-refractivity contribution < 1.29 is 4.79 Å². The van der Waals surface area contributed by atoms with Gasteiger partial charge in [0.15, 0.2) is 0 Å². The summed E-state index contributed by atoms with van der Waals surface area (Å²) in [5.41, 5.74) is 3.37. The Bertz CT molecular complexity index is 1250. The number of nitrogens with zero attached hydrogens (tertiary/aromatic N) is 2. The van der Waals surface area contributed by atoms with Crippen LogP contribution in [-0.2, 0) is 0 Å². The second kappa shape index (κ2) is 8.18. The predicted octanol–water partition coefficient (Wildman–Crippen LogP) is 3.77. The monoisotopic (exact) mass is 413 g/mol. The van der Waals surface area contributed by atoms with Crippen LogP contribution in [0.25, 0.3) is 22.0 Å². The summed E-state index contributed by atoms with van der Waals surface area (Å²) in [5, 5.41) is 18.7. The molecule has 7 heteroatoms. The molecule has 0 aliphatic heterocycles. The molecule has 31 heavy (non-hydrogen) atoms. The summed E-state index contributed by atoms with van der Waals surface area (Å²) >= 11 is 0. The van der Waals surface area contributed by atoms with Gasteiger partial charge in [0.05, 0.1) is 16.8 Å². The van der Waals surface area contributed by atoms with E-state index < -0.39 is 0 Å². The Morgan fingerprint density at radius 1 is 0.903 bits per heavy atom. The van der Waals surface area contributed by atoms with Crippen molar-refractivity contribution in [2.45, 2.75) is 37.6 Å². The summed E-state index contributed by atoms with van der Waals surface area (Å²) in [5.74, 6) is 0.232. The maximum absolute atomic E-state index is 12.7. The predicted molar refractivity (Wildman–Crippen MR) is 119 cm³/mol. The Labute approximate surface area is 178 Å². The zero-order valence-corrected chi connectivity index (χ0v) is 17.0. The molecule has 4 aromatic rings. The summed E-state index contributed by atoms with van der Waals surface area (Å²) < 4.78 is 0. The van der Waals surface area contributed by atoms with Crippen LogP contribution in [0.3, 0.4) is 0 Å². The Kier molecular flexibility index (Phi) is 5.08. The summed E-state index contributed by atoms with van der Waals surface area (Å²) in [6.07, 6.45) is 5.33. The van der Waals surface area contributed by atoms with Crippen LogP contribution in [0.2, 0.25) is 0 Å². The number of H-pyrrole nitrogens is 2. The number of hydrogen-bond acceptors (Lipinski definition) is 4. The van der Waals surface area contributed by atoms with Crippen LogP contribution in [0.15, 0.2) is 65.6 Å². The Morgan fingerprint density at radius 2 is 1.65 bits per heavy atom. The molecule has 0 spiro atoms. The van der Waals surface area contributed by atoms with Gasteiger partial charge in [-0.1, -0.05) is 30.3 Å². The molecule has 2 heterocycles. The van der Waals surface area contributed by atoms with E-state index in [9.17, 15) is 9.59 Å². The van der Waals surface area contributed by atoms with Gasteiger partial charge in [0.25, 0.3) is 11.5 Å². The summed E-state index contributed by atoms with van der Waals surface area (Å²) in [6, 6.07) is 17.2. The maximum Gasteiger partial charge on any atom is 0.272 e. The average Bonchev–Trinajstić information content (AvgIpc) is 3.35. The second-order valence-electron chi connectivity index (χ2n) is 8.05. The fourth-order valence-corrected chi connectivity index (χ4v) is 4.44. The zero-order valence-electron chi connectivity index (χ0n) is 17.0. The van der Waals surface area contributed by atoms with Crippen molar-refractivity contribution in [2.24, 2.45) is 0 Å². The van der Waals surface area contributed by atoms with E-state index in [0.29, 0.717) is 10.9 Å². The van der Waals surface area contributed by atoms with Crippen molar-refractivity contribution in [3.63, 3.8) is 0 Å². The van der Waals surface area contributed by atoms with E-state index in [-0.39, 0.29) is 23.4 Å². The maximum atomic E-state index is 12.7. The molecule has 3 N–H and O–H groups in total. The van der Waals surface area contributed by atoms with Crippen LogP contribution in [0.4, 0.5) is 0 Å². The molecular formula is C24H23N5O2. The Balaban J connectivity index is 1.23. The quantitative estimate of drug-likeness (QED) is 0.474. The molecule has 7 nitrogen and oxygen atoms in total. The van der Waals surface area contributed by atoms with E-state index in [1.54, 1.807) is 6.20 Å². The molecule has 1 aliphatic rings. The summed E-state index contributed by atoms with van der Waals surface area (Å²) in [7, 11) is 0. The van der Waals surface area contributed by atoms with Gasteiger partial charge >= 0.3 is 0 Å². The molecule has 0 unspecified atom stereocenters. The van der Waals surface area contributed by atoms with Crippen LogP contribution in [0, 0.1) is 0 Å². The molecule has 0 atom stereocenters. The molecule has 2 aromatic heterocycles. The molecule has 0 saturated heterocycles. The molecule has 1 amide bonds. The highest BCUT2D eigenvalue weighted by atomic mass is 16.1. The molecule has 0 radical (unpaired) electrons. The van der Waals surface area contributed by atoms with Crippen LogP contribution >= 0.6 is 0 Å². The highest BCUT2D eigenvalue weighted by Crippen LogP contribution is 2.34. The van der Waals surface area contributed by atoms with Crippen LogP contribution in [0.1, 0.15) is 47.7 Å². The number of nitrogens with one attached hydrogen (secondary N) is 3. The third-order valence-electron chi connectivity index (χ3n) is 6.13. The number of carbonyl (C=O) groups is 1. The second-order valence-corrected chi connectivity index (χ2v) is 8.05. The highest BCUT2D eigenvalue weighted by molar-refractivity contribution is 5.94. The van der Waals surface area contributed by atoms with Crippen molar-refractivity contribution in [1.82, 2.24) is 25.7 Å². The third-order valence-corrected chi connectivity index (χ3v) is 6.13. The van der Waals surface area contributed by atoms with E-state index in [2.05, 4.69) is 25.7 Å². The molecule has 1 fully saturated rings. The lowest BCUT2D eigenvalue weighted by Crippen LogP contribution is -2.37. The third kappa shape index (κ3) is 3.86. The van der Waals surface area contributed by atoms with Gasteiger partial charge < -0.3 is 5.32 Å². The number of carbonyl (C=O) groups excluding carboxylic acids is 1. The van der Waals surface area contributed by atoms with Crippen LogP contribution in [0.5, 0.6) is 0 Å². The molecule has 156 valence electrons. The van der Waals surface area contributed by atoms with Crippen molar-refractivity contribution in [2.75, 3.05) is 0 Å². The number of fused-ring (bicyclic) bond motifs is 1. The van der Waals surface area contributed by atoms with Crippen LogP contribution < -0.4 is 10.9 Å². The first-order chi connectivity index (χ1) is 15.2. The summed E-state index contributed by atoms with van der Waals surface area (Å²) in [4.78, 5) is 24.7. The van der Waals surface area contributed by atoms with Crippen molar-refractivity contribution in [3.05, 3.63) is 82.4 Å². The minimum Gasteiger partial charge on any atom is -0.349 e. The topological polar surface area (TPSA) is 104 Å². The van der Waals surface area contributed by atoms with Gasteiger partial charge in [-0.05, 0) is 55.5 Å². The largest absolute Gasteiger partial charge is 0.349 e. The SMILES string of the molecule is O=C(NC1CCC(c2n[nH]c(=O)c3ccccc23)CC1)c1ccc(-c2ccn[nH]2)cc1. The lowest BCUT2D eigenvalue weighted by Gasteiger charge is -2.29. The van der Waals surface area contributed by atoms with Gasteiger partial charge in [0.1, 0.15) is 0 Å². The molecule has 2 aromatic carbocycles. The summed E-state index contributed by atoms with van der Waals surface area (Å²) in [6.45, 7) is 0. The first-order valence-electron chi connectivity index (χ1n) is 10.6. The Morgan fingerprint density at radius 3 is 2.35 bits per heavy atom. The fraction of sp³-hybridized carbons (Fsp3) is 0.250. The first kappa shape index (κ1) is 19.2. The van der Waals surface area contributed by atoms with Gasteiger partial charge in [-0.2, -0.15) is 10.2 Å².